The van der Waals surface area contributed by atoms with Crippen molar-refractivity contribution in [2.24, 2.45) is 4.99 Å². The molecule has 2 aromatic rings. The number of aromatic carboxylic acids is 1. The molecule has 0 radical (unpaired) electrons. The number of carboxylic acids is 1. The summed E-state index contributed by atoms with van der Waals surface area (Å²) >= 11 is 0. The number of nitrogens with one attached hydrogen (secondary N) is 2. The number of amides is 1. The van der Waals surface area contributed by atoms with Crippen LogP contribution in [0.5, 0.6) is 0 Å². The Bertz CT molecular complexity index is 982. The predicted octanol–water partition coefficient (Wildman–Crippen LogP) is 3.20. The zero-order valence-corrected chi connectivity index (χ0v) is 20.1. The van der Waals surface area contributed by atoms with Crippen LogP contribution in [0.15, 0.2) is 53.5 Å². The molecule has 8 heteroatoms. The Kier molecular flexibility index (Phi) is 9.46. The number of carboxylic acid groups (broad SMARTS) is 1. The average molecular weight is 466 g/mol. The number of carbonyl (C=O) groups is 2. The molecule has 1 heterocycles. The van der Waals surface area contributed by atoms with Crippen LogP contribution < -0.4 is 10.6 Å². The Morgan fingerprint density at radius 3 is 2.47 bits per heavy atom. The summed E-state index contributed by atoms with van der Waals surface area (Å²) in [6.45, 7) is 8.76. The molecule has 8 nitrogen and oxygen atoms in total. The van der Waals surface area contributed by atoms with Crippen molar-refractivity contribution in [3.63, 3.8) is 0 Å². The Labute approximate surface area is 201 Å². The molecular weight excluding hydrogens is 430 g/mol. The van der Waals surface area contributed by atoms with E-state index >= 15 is 0 Å². The maximum Gasteiger partial charge on any atom is 0.335 e. The highest BCUT2D eigenvalue weighted by Crippen LogP contribution is 2.14. The van der Waals surface area contributed by atoms with Gasteiger partial charge in [-0.15, -0.1) is 0 Å². The minimum atomic E-state index is -0.965. The van der Waals surface area contributed by atoms with Crippen LogP contribution in [0.4, 0.5) is 5.69 Å². The molecule has 0 aromatic heterocycles. The molecule has 2 aromatic carbocycles. The molecule has 0 saturated carbocycles. The number of unbranched alkanes of at least 4 members (excludes halogenated alkanes) is 1. The molecule has 1 amide bonds. The molecule has 3 N–H and O–H groups in total. The average Bonchev–Trinajstić information content (AvgIpc) is 2.83. The maximum absolute atomic E-state index is 12.2. The molecule has 0 aliphatic carbocycles. The Morgan fingerprint density at radius 2 is 1.79 bits per heavy atom. The van der Waals surface area contributed by atoms with Crippen molar-refractivity contribution < 1.29 is 14.7 Å². The number of hydrogen-bond donors (Lipinski definition) is 3. The first-order chi connectivity index (χ1) is 16.4. The third-order valence-electron chi connectivity index (χ3n) is 5.79. The Balaban J connectivity index is 1.67. The van der Waals surface area contributed by atoms with Crippen LogP contribution in [-0.2, 0) is 11.3 Å². The van der Waals surface area contributed by atoms with Gasteiger partial charge in [0, 0.05) is 38.4 Å². The summed E-state index contributed by atoms with van der Waals surface area (Å²) < 4.78 is 0. The Morgan fingerprint density at radius 1 is 1.06 bits per heavy atom. The van der Waals surface area contributed by atoms with E-state index < -0.39 is 5.97 Å². The van der Waals surface area contributed by atoms with Crippen LogP contribution in [0.3, 0.4) is 0 Å². The summed E-state index contributed by atoms with van der Waals surface area (Å²) in [5.41, 5.74) is 3.21. The number of rotatable bonds is 9. The second-order valence-electron chi connectivity index (χ2n) is 8.60. The number of aryl methyl sites for hydroxylation is 1. The minimum absolute atomic E-state index is 0.0683. The van der Waals surface area contributed by atoms with E-state index in [-0.39, 0.29) is 11.5 Å². The van der Waals surface area contributed by atoms with E-state index in [1.54, 1.807) is 18.2 Å². The van der Waals surface area contributed by atoms with E-state index in [1.165, 1.54) is 5.56 Å². The first kappa shape index (κ1) is 25.2. The highest BCUT2D eigenvalue weighted by atomic mass is 16.4. The van der Waals surface area contributed by atoms with Gasteiger partial charge in [0.2, 0.25) is 5.91 Å². The molecule has 1 aliphatic heterocycles. The van der Waals surface area contributed by atoms with Gasteiger partial charge in [-0.1, -0.05) is 49.2 Å². The van der Waals surface area contributed by atoms with Crippen LogP contribution >= 0.6 is 0 Å². The topological polar surface area (TPSA) is 97.3 Å². The summed E-state index contributed by atoms with van der Waals surface area (Å²) in [5, 5.41) is 15.6. The van der Waals surface area contributed by atoms with Gasteiger partial charge in [-0.05, 0) is 37.1 Å². The van der Waals surface area contributed by atoms with Gasteiger partial charge >= 0.3 is 5.97 Å². The van der Waals surface area contributed by atoms with Gasteiger partial charge in [0.05, 0.1) is 18.7 Å². The molecule has 0 atom stereocenters. The molecular formula is C26H35N5O3. The van der Waals surface area contributed by atoms with Crippen LogP contribution in [0.25, 0.3) is 0 Å². The standard InChI is InChI=1S/C26H35N5O3/c1-3-4-12-27-24(32)19-30-13-15-31(16-14-30)26(28-18-21-10-8-20(2)9-11-21)29-23-7-5-6-22(17-23)25(33)34/h5-11,17H,3-4,12-16,18-19H2,1-2H3,(H,27,32)(H,28,29)(H,33,34). The van der Waals surface area contributed by atoms with Gasteiger partial charge in [-0.3, -0.25) is 9.69 Å². The summed E-state index contributed by atoms with van der Waals surface area (Å²) in [4.78, 5) is 32.7. The van der Waals surface area contributed by atoms with E-state index in [9.17, 15) is 14.7 Å². The van der Waals surface area contributed by atoms with Gasteiger partial charge < -0.3 is 20.6 Å². The van der Waals surface area contributed by atoms with Crippen LogP contribution in [0.2, 0.25) is 0 Å². The van der Waals surface area contributed by atoms with Gasteiger partial charge in [0.1, 0.15) is 0 Å². The van der Waals surface area contributed by atoms with Gasteiger partial charge in [-0.2, -0.15) is 0 Å². The molecule has 3 rings (SSSR count). The van der Waals surface area contributed by atoms with Crippen molar-refractivity contribution >= 4 is 23.5 Å². The van der Waals surface area contributed by atoms with Gasteiger partial charge in [0.25, 0.3) is 0 Å². The minimum Gasteiger partial charge on any atom is -0.478 e. The monoisotopic (exact) mass is 465 g/mol. The highest BCUT2D eigenvalue weighted by molar-refractivity contribution is 5.95. The first-order valence-electron chi connectivity index (χ1n) is 11.9. The molecule has 0 spiro atoms. The summed E-state index contributed by atoms with van der Waals surface area (Å²) in [7, 11) is 0. The Hall–Kier alpha value is -3.39. The van der Waals surface area contributed by atoms with Crippen molar-refractivity contribution in [1.29, 1.82) is 0 Å². The zero-order valence-electron chi connectivity index (χ0n) is 20.1. The van der Waals surface area contributed by atoms with Crippen molar-refractivity contribution in [2.75, 3.05) is 44.6 Å². The third-order valence-corrected chi connectivity index (χ3v) is 5.79. The van der Waals surface area contributed by atoms with Gasteiger partial charge in [0.15, 0.2) is 5.96 Å². The third kappa shape index (κ3) is 7.88. The van der Waals surface area contributed by atoms with Crippen molar-refractivity contribution in [2.45, 2.75) is 33.2 Å². The zero-order chi connectivity index (χ0) is 24.3. The van der Waals surface area contributed by atoms with E-state index in [0.29, 0.717) is 24.7 Å². The SMILES string of the molecule is CCCCNC(=O)CN1CCN(C(=NCc2ccc(C)cc2)Nc2cccc(C(=O)O)c2)CC1. The maximum atomic E-state index is 12.2. The molecule has 0 unspecified atom stereocenters. The largest absolute Gasteiger partial charge is 0.478 e. The fourth-order valence-electron chi connectivity index (χ4n) is 3.72. The van der Waals surface area contributed by atoms with Crippen molar-refractivity contribution in [3.8, 4) is 0 Å². The molecule has 1 saturated heterocycles. The number of nitrogens with zero attached hydrogens (tertiary/aromatic N) is 3. The molecule has 1 fully saturated rings. The second kappa shape index (κ2) is 12.7. The van der Waals surface area contributed by atoms with E-state index in [0.717, 1.165) is 51.1 Å². The second-order valence-corrected chi connectivity index (χ2v) is 8.60. The lowest BCUT2D eigenvalue weighted by molar-refractivity contribution is -0.122. The van der Waals surface area contributed by atoms with Crippen LogP contribution in [-0.4, -0.2) is 72.0 Å². The highest BCUT2D eigenvalue weighted by Gasteiger charge is 2.21. The van der Waals surface area contributed by atoms with Gasteiger partial charge in [-0.25, -0.2) is 9.79 Å². The number of hydrogen-bond acceptors (Lipinski definition) is 4. The lowest BCUT2D eigenvalue weighted by Gasteiger charge is -2.36. The van der Waals surface area contributed by atoms with E-state index in [2.05, 4.69) is 58.5 Å². The molecule has 1 aliphatic rings. The van der Waals surface area contributed by atoms with Crippen LogP contribution in [0, 0.1) is 6.92 Å². The lowest BCUT2D eigenvalue weighted by Crippen LogP contribution is -2.52. The number of benzene rings is 2. The predicted molar refractivity (Wildman–Crippen MR) is 135 cm³/mol. The quantitative estimate of drug-likeness (QED) is 0.299. The molecule has 0 bridgehead atoms. The number of guanidine groups is 1. The summed E-state index contributed by atoms with van der Waals surface area (Å²) in [6, 6.07) is 15.0. The van der Waals surface area contributed by atoms with E-state index in [4.69, 9.17) is 4.99 Å². The van der Waals surface area contributed by atoms with Crippen molar-refractivity contribution in [3.05, 3.63) is 65.2 Å². The van der Waals surface area contributed by atoms with Crippen LogP contribution in [0.1, 0.15) is 41.3 Å². The smallest absolute Gasteiger partial charge is 0.335 e. The normalized spacial score (nSPS) is 14.6. The molecule has 34 heavy (non-hydrogen) atoms. The number of aliphatic imine (C=N–C) groups is 1. The molecule has 182 valence electrons. The fourth-order valence-corrected chi connectivity index (χ4v) is 3.72. The number of anilines is 1. The summed E-state index contributed by atoms with van der Waals surface area (Å²) in [5.74, 6) is -0.193. The van der Waals surface area contributed by atoms with E-state index in [1.807, 2.05) is 6.07 Å². The number of piperazine rings is 1. The van der Waals surface area contributed by atoms with Crippen molar-refractivity contribution in [1.82, 2.24) is 15.1 Å². The summed E-state index contributed by atoms with van der Waals surface area (Å²) in [6.07, 6.45) is 2.06. The first-order valence-corrected chi connectivity index (χ1v) is 11.9. The lowest BCUT2D eigenvalue weighted by atomic mass is 10.1. The fraction of sp³-hybridized carbons (Fsp3) is 0.423. The number of carbonyl (C=O) groups excluding carboxylic acids is 1.